The molecular weight excluding hydrogens is 369 g/mol. The van der Waals surface area contributed by atoms with Gasteiger partial charge < -0.3 is 0 Å². The first-order chi connectivity index (χ1) is 11.6. The Kier molecular flexibility index (Phi) is 7.03. The van der Waals surface area contributed by atoms with E-state index in [0.717, 1.165) is 21.9 Å². The summed E-state index contributed by atoms with van der Waals surface area (Å²) < 4.78 is 0. The fourth-order valence-corrected chi connectivity index (χ4v) is 2.92. The number of H-pyrrole nitrogens is 1. The van der Waals surface area contributed by atoms with E-state index in [9.17, 15) is 0 Å². The van der Waals surface area contributed by atoms with Crippen molar-refractivity contribution in [3.8, 4) is 11.1 Å². The number of hydrogen-bond acceptors (Lipinski definition) is 5. The number of thioether (sulfide) groups is 1. The molecule has 0 bridgehead atoms. The smallest absolute Gasteiger partial charge is 0.197 e. The lowest BCUT2D eigenvalue weighted by Crippen LogP contribution is -1.83. The number of nitrogens with one attached hydrogen (secondary N) is 1. The number of aromatic nitrogens is 3. The van der Waals surface area contributed by atoms with E-state index in [1.54, 1.807) is 18.0 Å². The average molecular weight is 380 g/mol. The van der Waals surface area contributed by atoms with Gasteiger partial charge in [0.2, 0.25) is 0 Å². The Bertz CT molecular complexity index is 818. The molecule has 3 aromatic rings. The Morgan fingerprint density at radius 2 is 1.67 bits per heavy atom. The molecule has 3 rings (SSSR count). The third-order valence-electron chi connectivity index (χ3n) is 2.99. The molecule has 0 aliphatic carbocycles. The zero-order valence-electron chi connectivity index (χ0n) is 12.2. The van der Waals surface area contributed by atoms with E-state index in [4.69, 9.17) is 32.8 Å². The Labute approximate surface area is 152 Å². The molecule has 1 N–H and O–H groups in total. The molecule has 0 aliphatic rings. The summed E-state index contributed by atoms with van der Waals surface area (Å²) >= 11 is 13.6. The van der Waals surface area contributed by atoms with Gasteiger partial charge in [0.1, 0.15) is 5.03 Å². The predicted molar refractivity (Wildman–Crippen MR) is 92.8 cm³/mol. The van der Waals surface area contributed by atoms with Gasteiger partial charge in [0.25, 0.3) is 0 Å². The Balaban J connectivity index is 0.000000647. The topological polar surface area (TPSA) is 75.7 Å². The van der Waals surface area contributed by atoms with Crippen LogP contribution in [0.4, 0.5) is 0 Å². The largest absolute Gasteiger partial charge is 0.373 e. The van der Waals surface area contributed by atoms with Crippen molar-refractivity contribution in [1.29, 1.82) is 0 Å². The zero-order chi connectivity index (χ0) is 17.4. The molecule has 1 heterocycles. The van der Waals surface area contributed by atoms with Gasteiger partial charge in [-0.3, -0.25) is 0 Å². The van der Waals surface area contributed by atoms with Crippen LogP contribution in [0.3, 0.4) is 0 Å². The molecule has 0 saturated carbocycles. The molecule has 0 fully saturated rings. The third kappa shape index (κ3) is 5.22. The first kappa shape index (κ1) is 18.2. The first-order valence-electron chi connectivity index (χ1n) is 6.66. The van der Waals surface area contributed by atoms with Crippen molar-refractivity contribution in [2.75, 3.05) is 0 Å². The molecule has 0 aliphatic heterocycles. The minimum atomic E-state index is 0.250. The van der Waals surface area contributed by atoms with E-state index in [0.29, 0.717) is 10.0 Å². The van der Waals surface area contributed by atoms with Crippen LogP contribution in [0, 0.1) is 0 Å². The van der Waals surface area contributed by atoms with Crippen LogP contribution in [0.25, 0.3) is 11.1 Å². The number of aromatic amines is 1. The van der Waals surface area contributed by atoms with E-state index in [2.05, 4.69) is 39.7 Å². The molecule has 24 heavy (non-hydrogen) atoms. The van der Waals surface area contributed by atoms with Crippen LogP contribution in [-0.4, -0.2) is 21.6 Å². The van der Waals surface area contributed by atoms with Crippen LogP contribution in [0.2, 0.25) is 10.0 Å². The van der Waals surface area contributed by atoms with Crippen LogP contribution in [-0.2, 0) is 15.3 Å². The fraction of sp³-hybridized carbons (Fsp3) is 0.0625. The lowest BCUT2D eigenvalue weighted by Gasteiger charge is -2.05. The molecule has 0 radical (unpaired) electrons. The molecule has 0 amide bonds. The SMILES string of the molecule is Clc1ccc(-c2ccc(CSc3cn[nH]n3)cc2)cc1Cl.O=C=O. The number of nitrogens with zero attached hydrogens (tertiary/aromatic N) is 2. The zero-order valence-corrected chi connectivity index (χ0v) is 14.5. The van der Waals surface area contributed by atoms with Crippen molar-refractivity contribution < 1.29 is 9.59 Å². The molecule has 8 heteroatoms. The van der Waals surface area contributed by atoms with Crippen molar-refractivity contribution in [3.63, 3.8) is 0 Å². The molecule has 0 unspecified atom stereocenters. The highest BCUT2D eigenvalue weighted by Gasteiger charge is 2.03. The Hall–Kier alpha value is -2.11. The fourth-order valence-electron chi connectivity index (χ4n) is 1.89. The monoisotopic (exact) mass is 379 g/mol. The highest BCUT2D eigenvalue weighted by atomic mass is 35.5. The number of carbonyl (C=O) groups excluding carboxylic acids is 2. The molecule has 2 aromatic carbocycles. The van der Waals surface area contributed by atoms with Crippen LogP contribution >= 0.6 is 35.0 Å². The van der Waals surface area contributed by atoms with E-state index < -0.39 is 0 Å². The molecule has 5 nitrogen and oxygen atoms in total. The van der Waals surface area contributed by atoms with Gasteiger partial charge in [-0.2, -0.15) is 19.9 Å². The second kappa shape index (κ2) is 9.25. The maximum absolute atomic E-state index is 8.12. The highest BCUT2D eigenvalue weighted by Crippen LogP contribution is 2.29. The Morgan fingerprint density at radius 3 is 2.25 bits per heavy atom. The quantitative estimate of drug-likeness (QED) is 0.675. The molecule has 0 saturated heterocycles. The predicted octanol–water partition coefficient (Wildman–Crippen LogP) is 4.49. The van der Waals surface area contributed by atoms with Gasteiger partial charge in [0, 0.05) is 5.75 Å². The maximum atomic E-state index is 8.12. The lowest BCUT2D eigenvalue weighted by molar-refractivity contribution is -0.191. The van der Waals surface area contributed by atoms with Crippen LogP contribution < -0.4 is 0 Å². The lowest BCUT2D eigenvalue weighted by atomic mass is 10.0. The maximum Gasteiger partial charge on any atom is 0.373 e. The number of rotatable bonds is 4. The third-order valence-corrected chi connectivity index (χ3v) is 4.70. The molecule has 0 spiro atoms. The summed E-state index contributed by atoms with van der Waals surface area (Å²) in [6, 6.07) is 14.0. The van der Waals surface area contributed by atoms with E-state index >= 15 is 0 Å². The van der Waals surface area contributed by atoms with E-state index in [1.165, 1.54) is 5.56 Å². The summed E-state index contributed by atoms with van der Waals surface area (Å²) in [4.78, 5) is 16.2. The number of benzene rings is 2. The van der Waals surface area contributed by atoms with Gasteiger partial charge >= 0.3 is 6.15 Å². The van der Waals surface area contributed by atoms with Gasteiger partial charge in [-0.15, -0.1) is 5.10 Å². The first-order valence-corrected chi connectivity index (χ1v) is 8.40. The summed E-state index contributed by atoms with van der Waals surface area (Å²) in [5, 5.41) is 12.4. The average Bonchev–Trinajstić information content (AvgIpc) is 3.10. The second-order valence-electron chi connectivity index (χ2n) is 4.51. The highest BCUT2D eigenvalue weighted by molar-refractivity contribution is 7.98. The van der Waals surface area contributed by atoms with Gasteiger partial charge in [-0.05, 0) is 28.8 Å². The Morgan fingerprint density at radius 1 is 1.00 bits per heavy atom. The van der Waals surface area contributed by atoms with Crippen LogP contribution in [0.5, 0.6) is 0 Å². The summed E-state index contributed by atoms with van der Waals surface area (Å²) in [5.74, 6) is 0.855. The van der Waals surface area contributed by atoms with E-state index in [-0.39, 0.29) is 6.15 Å². The van der Waals surface area contributed by atoms with Crippen molar-refractivity contribution in [2.24, 2.45) is 0 Å². The van der Waals surface area contributed by atoms with Crippen molar-refractivity contribution >= 4 is 41.1 Å². The minimum absolute atomic E-state index is 0.250. The van der Waals surface area contributed by atoms with Gasteiger partial charge in [0.15, 0.2) is 0 Å². The normalized spacial score (nSPS) is 9.75. The standard InChI is InChI=1S/C15H11Cl2N3S.CO2/c16-13-6-5-12(7-14(13)17)11-3-1-10(2-4-11)9-21-15-8-18-20-19-15;2-1-3/h1-8H,9H2,(H,18,19,20);. The minimum Gasteiger partial charge on any atom is -0.197 e. The van der Waals surface area contributed by atoms with Crippen LogP contribution in [0.15, 0.2) is 53.7 Å². The molecular formula is C16H11Cl2N3O2S. The molecule has 0 atom stereocenters. The van der Waals surface area contributed by atoms with Crippen molar-refractivity contribution in [3.05, 3.63) is 64.3 Å². The van der Waals surface area contributed by atoms with Crippen LogP contribution in [0.1, 0.15) is 5.56 Å². The molecule has 122 valence electrons. The van der Waals surface area contributed by atoms with Gasteiger partial charge in [-0.25, -0.2) is 0 Å². The number of halogens is 2. The van der Waals surface area contributed by atoms with Gasteiger partial charge in [-0.1, -0.05) is 65.3 Å². The van der Waals surface area contributed by atoms with Gasteiger partial charge in [0.05, 0.1) is 16.2 Å². The number of hydrogen-bond donors (Lipinski definition) is 1. The van der Waals surface area contributed by atoms with Crippen molar-refractivity contribution in [1.82, 2.24) is 15.4 Å². The summed E-state index contributed by atoms with van der Waals surface area (Å²) in [5.41, 5.74) is 3.40. The van der Waals surface area contributed by atoms with Crippen molar-refractivity contribution in [2.45, 2.75) is 10.8 Å². The molecule has 1 aromatic heterocycles. The summed E-state index contributed by atoms with van der Waals surface area (Å²) in [6.07, 6.45) is 1.97. The second-order valence-corrected chi connectivity index (χ2v) is 6.32. The summed E-state index contributed by atoms with van der Waals surface area (Å²) in [6.45, 7) is 0. The summed E-state index contributed by atoms with van der Waals surface area (Å²) in [7, 11) is 0. The van der Waals surface area contributed by atoms with E-state index in [1.807, 2.05) is 18.2 Å².